The highest BCUT2D eigenvalue weighted by atomic mass is 16.6. The molecule has 1 aliphatic heterocycles. The molecule has 0 fully saturated rings. The van der Waals surface area contributed by atoms with E-state index in [0.717, 1.165) is 16.9 Å². The van der Waals surface area contributed by atoms with Gasteiger partial charge in [-0.25, -0.2) is 0 Å². The van der Waals surface area contributed by atoms with E-state index in [0.29, 0.717) is 25.9 Å². The standard InChI is InChI=1S/C20H22N4O4/c25-19(22-12-11-21-16-6-8-17(9-7-16)24(27)28)10-5-15-13-14-3-1-2-4-18(14)23-20(15)26/h1-4,6-9,15,21H,5,10-13H2,(H,22,25)(H,23,26). The fourth-order valence-electron chi connectivity index (χ4n) is 3.15. The highest BCUT2D eigenvalue weighted by Gasteiger charge is 2.26. The minimum absolute atomic E-state index is 0.0354. The van der Waals surface area contributed by atoms with Gasteiger partial charge in [0.2, 0.25) is 11.8 Å². The third-order valence-electron chi connectivity index (χ3n) is 4.69. The van der Waals surface area contributed by atoms with Crippen LogP contribution in [0.4, 0.5) is 17.1 Å². The van der Waals surface area contributed by atoms with Crippen LogP contribution in [0.3, 0.4) is 0 Å². The van der Waals surface area contributed by atoms with Gasteiger partial charge < -0.3 is 16.0 Å². The van der Waals surface area contributed by atoms with Crippen LogP contribution in [0.2, 0.25) is 0 Å². The van der Waals surface area contributed by atoms with Gasteiger partial charge >= 0.3 is 0 Å². The molecule has 3 N–H and O–H groups in total. The highest BCUT2D eigenvalue weighted by molar-refractivity contribution is 5.96. The van der Waals surface area contributed by atoms with Crippen molar-refractivity contribution in [3.8, 4) is 0 Å². The van der Waals surface area contributed by atoms with E-state index >= 15 is 0 Å². The molecule has 2 aromatic carbocycles. The average molecular weight is 382 g/mol. The lowest BCUT2D eigenvalue weighted by molar-refractivity contribution is -0.384. The van der Waals surface area contributed by atoms with Crippen LogP contribution >= 0.6 is 0 Å². The largest absolute Gasteiger partial charge is 0.383 e. The van der Waals surface area contributed by atoms with Gasteiger partial charge in [0.25, 0.3) is 5.69 Å². The van der Waals surface area contributed by atoms with Crippen LogP contribution in [0.25, 0.3) is 0 Å². The second-order valence-corrected chi connectivity index (χ2v) is 6.67. The Morgan fingerprint density at radius 3 is 2.64 bits per heavy atom. The van der Waals surface area contributed by atoms with Crippen molar-refractivity contribution < 1.29 is 14.5 Å². The minimum atomic E-state index is -0.449. The van der Waals surface area contributed by atoms with Crippen LogP contribution in [-0.4, -0.2) is 29.8 Å². The Labute approximate surface area is 162 Å². The Morgan fingerprint density at radius 1 is 1.14 bits per heavy atom. The molecule has 1 aliphatic rings. The van der Waals surface area contributed by atoms with E-state index < -0.39 is 4.92 Å². The molecule has 1 atom stereocenters. The summed E-state index contributed by atoms with van der Waals surface area (Å²) < 4.78 is 0. The summed E-state index contributed by atoms with van der Waals surface area (Å²) >= 11 is 0. The summed E-state index contributed by atoms with van der Waals surface area (Å²) in [6, 6.07) is 13.8. The molecular weight excluding hydrogens is 360 g/mol. The van der Waals surface area contributed by atoms with Gasteiger partial charge in [-0.3, -0.25) is 19.7 Å². The number of carbonyl (C=O) groups is 2. The van der Waals surface area contributed by atoms with Gasteiger partial charge in [-0.15, -0.1) is 0 Å². The number of hydrogen-bond acceptors (Lipinski definition) is 5. The summed E-state index contributed by atoms with van der Waals surface area (Å²) in [6.07, 6.45) is 1.44. The van der Waals surface area contributed by atoms with Crippen molar-refractivity contribution in [2.75, 3.05) is 23.7 Å². The van der Waals surface area contributed by atoms with E-state index in [1.807, 2.05) is 24.3 Å². The third-order valence-corrected chi connectivity index (χ3v) is 4.69. The number of benzene rings is 2. The van der Waals surface area contributed by atoms with E-state index in [1.54, 1.807) is 12.1 Å². The van der Waals surface area contributed by atoms with E-state index in [4.69, 9.17) is 0 Å². The third kappa shape index (κ3) is 5.06. The molecule has 0 radical (unpaired) electrons. The number of carbonyl (C=O) groups excluding carboxylic acids is 2. The lowest BCUT2D eigenvalue weighted by Crippen LogP contribution is -2.33. The smallest absolute Gasteiger partial charge is 0.269 e. The number of rotatable bonds is 8. The average Bonchev–Trinajstić information content (AvgIpc) is 2.70. The van der Waals surface area contributed by atoms with Crippen LogP contribution < -0.4 is 16.0 Å². The molecule has 8 nitrogen and oxygen atoms in total. The molecule has 0 spiro atoms. The van der Waals surface area contributed by atoms with Crippen molar-refractivity contribution in [3.63, 3.8) is 0 Å². The SMILES string of the molecule is O=C(CCC1Cc2ccccc2NC1=O)NCCNc1ccc([N+](=O)[O-])cc1. The Bertz CT molecular complexity index is 867. The second kappa shape index (κ2) is 8.98. The number of fused-ring (bicyclic) bond motifs is 1. The maximum atomic E-state index is 12.2. The molecular formula is C20H22N4O4. The molecule has 0 saturated heterocycles. The van der Waals surface area contributed by atoms with Crippen molar-refractivity contribution in [2.45, 2.75) is 19.3 Å². The number of nitro benzene ring substituents is 1. The number of non-ortho nitro benzene ring substituents is 1. The van der Waals surface area contributed by atoms with Crippen LogP contribution in [0.5, 0.6) is 0 Å². The quantitative estimate of drug-likeness (QED) is 0.369. The Balaban J connectivity index is 1.36. The second-order valence-electron chi connectivity index (χ2n) is 6.67. The Morgan fingerprint density at radius 2 is 1.89 bits per heavy atom. The van der Waals surface area contributed by atoms with Crippen molar-refractivity contribution in [1.82, 2.24) is 5.32 Å². The molecule has 0 saturated carbocycles. The van der Waals surface area contributed by atoms with E-state index in [2.05, 4.69) is 16.0 Å². The number of amides is 2. The lowest BCUT2D eigenvalue weighted by Gasteiger charge is -2.24. The summed E-state index contributed by atoms with van der Waals surface area (Å²) in [5.41, 5.74) is 2.73. The first-order valence-electron chi connectivity index (χ1n) is 9.17. The van der Waals surface area contributed by atoms with Gasteiger partial charge in [-0.05, 0) is 36.6 Å². The first kappa shape index (κ1) is 19.3. The molecule has 8 heteroatoms. The Kier molecular flexibility index (Phi) is 6.21. The van der Waals surface area contributed by atoms with Gasteiger partial charge in [-0.2, -0.15) is 0 Å². The summed E-state index contributed by atoms with van der Waals surface area (Å²) in [6.45, 7) is 0.927. The molecule has 2 amide bonds. The van der Waals surface area contributed by atoms with E-state index in [-0.39, 0.29) is 29.8 Å². The number of nitrogens with zero attached hydrogens (tertiary/aromatic N) is 1. The molecule has 1 unspecified atom stereocenters. The van der Waals surface area contributed by atoms with Crippen LogP contribution in [0.15, 0.2) is 48.5 Å². The zero-order chi connectivity index (χ0) is 19.9. The van der Waals surface area contributed by atoms with Gasteiger partial charge in [-0.1, -0.05) is 18.2 Å². The molecule has 0 aromatic heterocycles. The molecule has 146 valence electrons. The Hall–Kier alpha value is -3.42. The normalized spacial score (nSPS) is 15.3. The maximum Gasteiger partial charge on any atom is 0.269 e. The van der Waals surface area contributed by atoms with Gasteiger partial charge in [0.05, 0.1) is 4.92 Å². The predicted octanol–water partition coefficient (Wildman–Crippen LogP) is 2.71. The number of nitrogens with one attached hydrogen (secondary N) is 3. The van der Waals surface area contributed by atoms with Crippen LogP contribution in [0, 0.1) is 16.0 Å². The van der Waals surface area contributed by atoms with Crippen molar-refractivity contribution in [1.29, 1.82) is 0 Å². The number of para-hydroxylation sites is 1. The zero-order valence-corrected chi connectivity index (χ0v) is 15.3. The zero-order valence-electron chi connectivity index (χ0n) is 15.3. The summed E-state index contributed by atoms with van der Waals surface area (Å²) in [4.78, 5) is 34.3. The molecule has 3 rings (SSSR count). The topological polar surface area (TPSA) is 113 Å². The molecule has 1 heterocycles. The van der Waals surface area contributed by atoms with Gasteiger partial charge in [0.15, 0.2) is 0 Å². The van der Waals surface area contributed by atoms with Crippen molar-refractivity contribution in [2.24, 2.45) is 5.92 Å². The maximum absolute atomic E-state index is 12.2. The lowest BCUT2D eigenvalue weighted by atomic mass is 9.89. The molecule has 0 aliphatic carbocycles. The number of nitro groups is 1. The molecule has 28 heavy (non-hydrogen) atoms. The fourth-order valence-corrected chi connectivity index (χ4v) is 3.15. The van der Waals surface area contributed by atoms with Crippen molar-refractivity contribution in [3.05, 3.63) is 64.2 Å². The van der Waals surface area contributed by atoms with E-state index in [1.165, 1.54) is 12.1 Å². The van der Waals surface area contributed by atoms with E-state index in [9.17, 15) is 19.7 Å². The fraction of sp³-hybridized carbons (Fsp3) is 0.300. The molecule has 2 aromatic rings. The predicted molar refractivity (Wildman–Crippen MR) is 106 cm³/mol. The number of hydrogen-bond donors (Lipinski definition) is 3. The number of anilines is 2. The summed E-state index contributed by atoms with van der Waals surface area (Å²) in [5.74, 6) is -0.331. The minimum Gasteiger partial charge on any atom is -0.383 e. The highest BCUT2D eigenvalue weighted by Crippen LogP contribution is 2.27. The van der Waals surface area contributed by atoms with Crippen LogP contribution in [-0.2, 0) is 16.0 Å². The summed E-state index contributed by atoms with van der Waals surface area (Å²) in [5, 5.41) is 19.4. The van der Waals surface area contributed by atoms with Gasteiger partial charge in [0.1, 0.15) is 0 Å². The molecule has 0 bridgehead atoms. The first-order valence-corrected chi connectivity index (χ1v) is 9.17. The summed E-state index contributed by atoms with van der Waals surface area (Å²) in [7, 11) is 0. The monoisotopic (exact) mass is 382 g/mol. The van der Waals surface area contributed by atoms with Crippen molar-refractivity contribution >= 4 is 28.9 Å². The van der Waals surface area contributed by atoms with Gasteiger partial charge in [0, 0.05) is 48.9 Å². The van der Waals surface area contributed by atoms with Crippen LogP contribution in [0.1, 0.15) is 18.4 Å². The first-order chi connectivity index (χ1) is 13.5.